The van der Waals surface area contributed by atoms with E-state index in [0.717, 1.165) is 10.0 Å². The van der Waals surface area contributed by atoms with Gasteiger partial charge in [-0.15, -0.1) is 0 Å². The molecule has 1 aromatic carbocycles. The smallest absolute Gasteiger partial charge is 0.137 e. The average Bonchev–Trinajstić information content (AvgIpc) is 2.04. The molecule has 0 bridgehead atoms. The van der Waals surface area contributed by atoms with Gasteiger partial charge in [0.15, 0.2) is 0 Å². The van der Waals surface area contributed by atoms with Crippen molar-refractivity contribution in [1.29, 1.82) is 0 Å². The molecular weight excluding hydrogens is 216 g/mol. The third-order valence-electron chi connectivity index (χ3n) is 1.98. The number of carbonyl (C=O) groups excluding carboxylic acids is 1. The lowest BCUT2D eigenvalue weighted by Crippen LogP contribution is -2.04. The Labute approximate surface area is 80.9 Å². The fraction of sp³-hybridized carbons (Fsp3) is 0.300. The summed E-state index contributed by atoms with van der Waals surface area (Å²) in [7, 11) is 0. The molecule has 1 atom stereocenters. The van der Waals surface area contributed by atoms with Gasteiger partial charge >= 0.3 is 0 Å². The summed E-state index contributed by atoms with van der Waals surface area (Å²) >= 11 is 3.41. The monoisotopic (exact) mass is 226 g/mol. The molecular formula is C10H11BrO. The van der Waals surface area contributed by atoms with Crippen LogP contribution >= 0.6 is 15.9 Å². The van der Waals surface area contributed by atoms with Gasteiger partial charge in [0.05, 0.1) is 0 Å². The maximum absolute atomic E-state index is 11.1. The van der Waals surface area contributed by atoms with Crippen LogP contribution in [0, 0.1) is 0 Å². The van der Waals surface area contributed by atoms with Crippen molar-refractivity contribution in [1.82, 2.24) is 0 Å². The van der Waals surface area contributed by atoms with Crippen LogP contribution in [0.3, 0.4) is 0 Å². The van der Waals surface area contributed by atoms with Gasteiger partial charge in [0.1, 0.15) is 5.78 Å². The molecule has 0 radical (unpaired) electrons. The first-order valence-corrected chi connectivity index (χ1v) is 4.67. The summed E-state index contributed by atoms with van der Waals surface area (Å²) < 4.78 is 1.01. The van der Waals surface area contributed by atoms with Gasteiger partial charge in [0.2, 0.25) is 0 Å². The van der Waals surface area contributed by atoms with Crippen molar-refractivity contribution in [3.63, 3.8) is 0 Å². The zero-order valence-corrected chi connectivity index (χ0v) is 8.76. The van der Waals surface area contributed by atoms with Crippen LogP contribution in [0.15, 0.2) is 28.7 Å². The summed E-state index contributed by atoms with van der Waals surface area (Å²) in [6.07, 6.45) is 0. The van der Waals surface area contributed by atoms with Gasteiger partial charge in [-0.3, -0.25) is 4.79 Å². The number of halogens is 1. The summed E-state index contributed by atoms with van der Waals surface area (Å²) in [6, 6.07) is 7.81. The van der Waals surface area contributed by atoms with Crippen LogP contribution in [0.4, 0.5) is 0 Å². The van der Waals surface area contributed by atoms with Crippen molar-refractivity contribution in [3.8, 4) is 0 Å². The van der Waals surface area contributed by atoms with Crippen molar-refractivity contribution in [2.24, 2.45) is 0 Å². The van der Waals surface area contributed by atoms with Crippen LogP contribution in [-0.4, -0.2) is 5.78 Å². The molecule has 0 aliphatic carbocycles. The number of hydrogen-bond donors (Lipinski definition) is 0. The van der Waals surface area contributed by atoms with Crippen molar-refractivity contribution in [3.05, 3.63) is 34.3 Å². The largest absolute Gasteiger partial charge is 0.299 e. The molecule has 0 saturated carbocycles. The Morgan fingerprint density at radius 2 is 2.00 bits per heavy atom. The van der Waals surface area contributed by atoms with Crippen LogP contribution in [0.25, 0.3) is 0 Å². The van der Waals surface area contributed by atoms with Gasteiger partial charge in [-0.2, -0.15) is 0 Å². The predicted molar refractivity (Wildman–Crippen MR) is 53.2 cm³/mol. The molecule has 1 rings (SSSR count). The Bertz CT molecular complexity index is 294. The van der Waals surface area contributed by atoms with Crippen LogP contribution in [0.1, 0.15) is 25.3 Å². The van der Waals surface area contributed by atoms with E-state index < -0.39 is 0 Å². The van der Waals surface area contributed by atoms with E-state index in [-0.39, 0.29) is 11.7 Å². The average molecular weight is 227 g/mol. The molecule has 0 amide bonds. The van der Waals surface area contributed by atoms with Crippen LogP contribution < -0.4 is 0 Å². The lowest BCUT2D eigenvalue weighted by atomic mass is 9.98. The third kappa shape index (κ3) is 1.95. The first-order chi connectivity index (χ1) is 5.63. The number of ketones is 1. The summed E-state index contributed by atoms with van der Waals surface area (Å²) in [5.41, 5.74) is 1.06. The molecule has 0 saturated heterocycles. The number of hydrogen-bond acceptors (Lipinski definition) is 1. The highest BCUT2D eigenvalue weighted by Crippen LogP contribution is 2.24. The fourth-order valence-corrected chi connectivity index (χ4v) is 1.67. The first-order valence-electron chi connectivity index (χ1n) is 3.88. The highest BCUT2D eigenvalue weighted by Gasteiger charge is 2.12. The van der Waals surface area contributed by atoms with Gasteiger partial charge in [-0.1, -0.05) is 41.1 Å². The second kappa shape index (κ2) is 3.85. The zero-order chi connectivity index (χ0) is 9.14. The number of carbonyl (C=O) groups is 1. The molecule has 0 aromatic heterocycles. The van der Waals surface area contributed by atoms with Gasteiger partial charge < -0.3 is 0 Å². The second-order valence-corrected chi connectivity index (χ2v) is 3.71. The minimum absolute atomic E-state index is 0.0134. The van der Waals surface area contributed by atoms with Crippen LogP contribution in [0.5, 0.6) is 0 Å². The molecule has 1 aromatic rings. The maximum Gasteiger partial charge on any atom is 0.137 e. The van der Waals surface area contributed by atoms with Crippen molar-refractivity contribution in [2.75, 3.05) is 0 Å². The summed E-state index contributed by atoms with van der Waals surface area (Å²) in [6.45, 7) is 3.53. The quantitative estimate of drug-likeness (QED) is 0.758. The van der Waals surface area contributed by atoms with E-state index in [1.807, 2.05) is 31.2 Å². The van der Waals surface area contributed by atoms with Crippen molar-refractivity contribution >= 4 is 21.7 Å². The molecule has 2 heteroatoms. The molecule has 1 nitrogen and oxygen atoms in total. The zero-order valence-electron chi connectivity index (χ0n) is 7.17. The van der Waals surface area contributed by atoms with E-state index in [9.17, 15) is 4.79 Å². The Morgan fingerprint density at radius 3 is 2.50 bits per heavy atom. The van der Waals surface area contributed by atoms with Gasteiger partial charge in [-0.05, 0) is 18.6 Å². The van der Waals surface area contributed by atoms with E-state index in [2.05, 4.69) is 15.9 Å². The maximum atomic E-state index is 11.1. The highest BCUT2D eigenvalue weighted by molar-refractivity contribution is 9.10. The lowest BCUT2D eigenvalue weighted by Gasteiger charge is -2.09. The third-order valence-corrected chi connectivity index (χ3v) is 2.70. The standard InChI is InChI=1S/C10H11BrO/c1-7(8(2)12)9-5-3-4-6-10(9)11/h3-7H,1-2H3. The Kier molecular flexibility index (Phi) is 3.04. The van der Waals surface area contributed by atoms with E-state index in [0.29, 0.717) is 0 Å². The molecule has 0 aliphatic heterocycles. The molecule has 0 spiro atoms. The molecule has 0 fully saturated rings. The molecule has 64 valence electrons. The van der Waals surface area contributed by atoms with E-state index in [4.69, 9.17) is 0 Å². The van der Waals surface area contributed by atoms with Crippen LogP contribution in [0.2, 0.25) is 0 Å². The minimum Gasteiger partial charge on any atom is -0.299 e. The van der Waals surface area contributed by atoms with E-state index in [1.54, 1.807) is 6.92 Å². The first kappa shape index (κ1) is 9.46. The lowest BCUT2D eigenvalue weighted by molar-refractivity contribution is -0.118. The van der Waals surface area contributed by atoms with Crippen LogP contribution in [-0.2, 0) is 4.79 Å². The predicted octanol–water partition coefficient (Wildman–Crippen LogP) is 3.14. The van der Waals surface area contributed by atoms with E-state index >= 15 is 0 Å². The molecule has 0 N–H and O–H groups in total. The Morgan fingerprint density at radius 1 is 1.42 bits per heavy atom. The summed E-state index contributed by atoms with van der Waals surface area (Å²) in [4.78, 5) is 11.1. The topological polar surface area (TPSA) is 17.1 Å². The normalized spacial score (nSPS) is 12.6. The van der Waals surface area contributed by atoms with E-state index in [1.165, 1.54) is 0 Å². The second-order valence-electron chi connectivity index (χ2n) is 2.85. The number of benzene rings is 1. The van der Waals surface area contributed by atoms with Crippen molar-refractivity contribution < 1.29 is 4.79 Å². The summed E-state index contributed by atoms with van der Waals surface area (Å²) in [5.74, 6) is 0.183. The summed E-state index contributed by atoms with van der Waals surface area (Å²) in [5, 5.41) is 0. The van der Waals surface area contributed by atoms with Gasteiger partial charge in [0.25, 0.3) is 0 Å². The molecule has 1 unspecified atom stereocenters. The number of Topliss-reactive ketones (excluding diaryl/α,β-unsaturated/α-hetero) is 1. The highest BCUT2D eigenvalue weighted by atomic mass is 79.9. The molecule has 0 aliphatic rings. The molecule has 0 heterocycles. The Hall–Kier alpha value is -0.630. The molecule has 12 heavy (non-hydrogen) atoms. The number of rotatable bonds is 2. The van der Waals surface area contributed by atoms with Gasteiger partial charge in [0, 0.05) is 10.4 Å². The fourth-order valence-electron chi connectivity index (χ4n) is 1.05. The SMILES string of the molecule is CC(=O)C(C)c1ccccc1Br. The Balaban J connectivity index is 3.02. The van der Waals surface area contributed by atoms with Gasteiger partial charge in [-0.25, -0.2) is 0 Å². The minimum atomic E-state index is -0.0134. The van der Waals surface area contributed by atoms with Crippen molar-refractivity contribution in [2.45, 2.75) is 19.8 Å².